The van der Waals surface area contributed by atoms with Gasteiger partial charge in [0, 0.05) is 6.54 Å². The summed E-state index contributed by atoms with van der Waals surface area (Å²) in [7, 11) is 0. The fraction of sp³-hybridized carbons (Fsp3) is 0.176. The maximum atomic E-state index is 11.5. The first kappa shape index (κ1) is 16.4. The van der Waals surface area contributed by atoms with Crippen LogP contribution in [0.4, 0.5) is 4.79 Å². The number of hydrogen-bond acceptors (Lipinski definition) is 4. The maximum Gasteiger partial charge on any atom is 0.321 e. The van der Waals surface area contributed by atoms with Crippen LogP contribution in [0.5, 0.6) is 17.2 Å². The van der Waals surface area contributed by atoms with Gasteiger partial charge in [-0.25, -0.2) is 4.79 Å². The summed E-state index contributed by atoms with van der Waals surface area (Å²) >= 11 is 0. The summed E-state index contributed by atoms with van der Waals surface area (Å²) in [4.78, 5) is 22.7. The zero-order valence-electron chi connectivity index (χ0n) is 12.7. The largest absolute Gasteiger partial charge is 0.484 e. The molecule has 0 aliphatic carbocycles. The minimum absolute atomic E-state index is 0.240. The monoisotopic (exact) mass is 314 g/mol. The molecule has 0 heterocycles. The molecule has 23 heavy (non-hydrogen) atoms. The van der Waals surface area contributed by atoms with Crippen LogP contribution in [0.1, 0.15) is 6.92 Å². The molecule has 0 aromatic heterocycles. The SMILES string of the molecule is CCNC(=O)NC(=O)COc1ccc(Oc2ccccc2)cc1. The van der Waals surface area contributed by atoms with Crippen LogP contribution in [0.2, 0.25) is 0 Å². The number of urea groups is 1. The van der Waals surface area contributed by atoms with Gasteiger partial charge in [0.2, 0.25) is 0 Å². The molecule has 0 bridgehead atoms. The van der Waals surface area contributed by atoms with Crippen molar-refractivity contribution in [3.63, 3.8) is 0 Å². The van der Waals surface area contributed by atoms with Crippen molar-refractivity contribution in [2.45, 2.75) is 6.92 Å². The minimum Gasteiger partial charge on any atom is -0.484 e. The van der Waals surface area contributed by atoms with Crippen LogP contribution in [-0.2, 0) is 4.79 Å². The topological polar surface area (TPSA) is 76.7 Å². The molecule has 3 amide bonds. The highest BCUT2D eigenvalue weighted by Crippen LogP contribution is 2.23. The van der Waals surface area contributed by atoms with E-state index < -0.39 is 11.9 Å². The van der Waals surface area contributed by atoms with Crippen molar-refractivity contribution in [3.05, 3.63) is 54.6 Å². The quantitative estimate of drug-likeness (QED) is 0.859. The lowest BCUT2D eigenvalue weighted by atomic mass is 10.3. The lowest BCUT2D eigenvalue weighted by Crippen LogP contribution is -2.41. The standard InChI is InChI=1S/C17H18N2O4/c1-2-18-17(21)19-16(20)12-22-13-8-10-15(11-9-13)23-14-6-4-3-5-7-14/h3-11H,2,12H2,1H3,(H2,18,19,20,21). The Hall–Kier alpha value is -3.02. The molecule has 0 fully saturated rings. The van der Waals surface area contributed by atoms with Gasteiger partial charge in [-0.2, -0.15) is 0 Å². The van der Waals surface area contributed by atoms with Crippen LogP contribution < -0.4 is 20.1 Å². The maximum absolute atomic E-state index is 11.5. The highest BCUT2D eigenvalue weighted by molar-refractivity contribution is 5.94. The lowest BCUT2D eigenvalue weighted by molar-refractivity contribution is -0.122. The summed E-state index contributed by atoms with van der Waals surface area (Å²) < 4.78 is 11.0. The van der Waals surface area contributed by atoms with Crippen LogP contribution in [0.15, 0.2) is 54.6 Å². The van der Waals surface area contributed by atoms with Crippen LogP contribution >= 0.6 is 0 Å². The summed E-state index contributed by atoms with van der Waals surface area (Å²) in [5.74, 6) is 1.40. The van der Waals surface area contributed by atoms with E-state index in [2.05, 4.69) is 10.6 Å². The van der Waals surface area contributed by atoms with Crippen molar-refractivity contribution in [2.75, 3.05) is 13.2 Å². The second kappa shape index (κ2) is 8.43. The summed E-state index contributed by atoms with van der Waals surface area (Å²) in [5.41, 5.74) is 0. The molecule has 0 saturated carbocycles. The Labute approximate surface area is 134 Å². The molecule has 120 valence electrons. The van der Waals surface area contributed by atoms with Gasteiger partial charge in [-0.05, 0) is 43.3 Å². The summed E-state index contributed by atoms with van der Waals surface area (Å²) in [6, 6.07) is 15.7. The normalized spacial score (nSPS) is 9.78. The van der Waals surface area contributed by atoms with E-state index in [1.807, 2.05) is 30.3 Å². The number of carbonyl (C=O) groups excluding carboxylic acids is 2. The molecule has 0 aliphatic rings. The summed E-state index contributed by atoms with van der Waals surface area (Å²) in [6.07, 6.45) is 0. The van der Waals surface area contributed by atoms with E-state index in [1.54, 1.807) is 31.2 Å². The number of hydrogen-bond donors (Lipinski definition) is 2. The first-order valence-electron chi connectivity index (χ1n) is 7.21. The Kier molecular flexibility index (Phi) is 5.99. The molecule has 2 rings (SSSR count). The van der Waals surface area contributed by atoms with Gasteiger partial charge in [-0.15, -0.1) is 0 Å². The van der Waals surface area contributed by atoms with E-state index >= 15 is 0 Å². The van der Waals surface area contributed by atoms with Gasteiger partial charge in [0.1, 0.15) is 17.2 Å². The Morgan fingerprint density at radius 3 is 2.17 bits per heavy atom. The molecule has 0 radical (unpaired) electrons. The van der Waals surface area contributed by atoms with Crippen molar-refractivity contribution in [1.82, 2.24) is 10.6 Å². The molecule has 0 saturated heterocycles. The van der Waals surface area contributed by atoms with Gasteiger partial charge in [0.25, 0.3) is 5.91 Å². The molecule has 0 unspecified atom stereocenters. The molecule has 2 aromatic rings. The smallest absolute Gasteiger partial charge is 0.321 e. The average molecular weight is 314 g/mol. The molecular formula is C17H18N2O4. The van der Waals surface area contributed by atoms with E-state index in [4.69, 9.17) is 9.47 Å². The van der Waals surface area contributed by atoms with E-state index in [0.717, 1.165) is 5.75 Å². The summed E-state index contributed by atoms with van der Waals surface area (Å²) in [5, 5.41) is 4.62. The zero-order chi connectivity index (χ0) is 16.5. The minimum atomic E-state index is -0.535. The zero-order valence-corrected chi connectivity index (χ0v) is 12.7. The van der Waals surface area contributed by atoms with E-state index in [0.29, 0.717) is 18.0 Å². The third-order valence-electron chi connectivity index (χ3n) is 2.76. The van der Waals surface area contributed by atoms with Gasteiger partial charge in [0.15, 0.2) is 6.61 Å². The number of para-hydroxylation sites is 1. The Morgan fingerprint density at radius 1 is 0.913 bits per heavy atom. The predicted molar refractivity (Wildman–Crippen MR) is 85.7 cm³/mol. The number of nitrogens with one attached hydrogen (secondary N) is 2. The second-order valence-electron chi connectivity index (χ2n) is 4.58. The molecule has 2 aromatic carbocycles. The van der Waals surface area contributed by atoms with Gasteiger partial charge < -0.3 is 14.8 Å². The Balaban J connectivity index is 1.81. The molecule has 2 N–H and O–H groups in total. The number of amides is 3. The van der Waals surface area contributed by atoms with Crippen molar-refractivity contribution in [3.8, 4) is 17.2 Å². The predicted octanol–water partition coefficient (Wildman–Crippen LogP) is 2.70. The number of rotatable bonds is 6. The number of imide groups is 1. The Morgan fingerprint density at radius 2 is 1.52 bits per heavy atom. The fourth-order valence-electron chi connectivity index (χ4n) is 1.74. The molecule has 6 heteroatoms. The highest BCUT2D eigenvalue weighted by Gasteiger charge is 2.07. The van der Waals surface area contributed by atoms with Crippen molar-refractivity contribution in [1.29, 1.82) is 0 Å². The fourth-order valence-corrected chi connectivity index (χ4v) is 1.74. The lowest BCUT2D eigenvalue weighted by Gasteiger charge is -2.08. The second-order valence-corrected chi connectivity index (χ2v) is 4.58. The van der Waals surface area contributed by atoms with Crippen molar-refractivity contribution in [2.24, 2.45) is 0 Å². The number of carbonyl (C=O) groups is 2. The molecule has 6 nitrogen and oxygen atoms in total. The first-order valence-corrected chi connectivity index (χ1v) is 7.21. The van der Waals surface area contributed by atoms with Crippen LogP contribution in [0.3, 0.4) is 0 Å². The van der Waals surface area contributed by atoms with Gasteiger partial charge >= 0.3 is 6.03 Å². The van der Waals surface area contributed by atoms with E-state index in [9.17, 15) is 9.59 Å². The van der Waals surface area contributed by atoms with Crippen LogP contribution in [0.25, 0.3) is 0 Å². The highest BCUT2D eigenvalue weighted by atomic mass is 16.5. The molecular weight excluding hydrogens is 296 g/mol. The van der Waals surface area contributed by atoms with Crippen LogP contribution in [-0.4, -0.2) is 25.1 Å². The van der Waals surface area contributed by atoms with E-state index in [-0.39, 0.29) is 6.61 Å². The third-order valence-corrected chi connectivity index (χ3v) is 2.76. The first-order chi connectivity index (χ1) is 11.2. The number of ether oxygens (including phenoxy) is 2. The summed E-state index contributed by atoms with van der Waals surface area (Å²) in [6.45, 7) is 1.97. The van der Waals surface area contributed by atoms with Crippen molar-refractivity contribution >= 4 is 11.9 Å². The van der Waals surface area contributed by atoms with Crippen LogP contribution in [0, 0.1) is 0 Å². The molecule has 0 aliphatic heterocycles. The van der Waals surface area contributed by atoms with Crippen molar-refractivity contribution < 1.29 is 19.1 Å². The van der Waals surface area contributed by atoms with E-state index in [1.165, 1.54) is 0 Å². The molecule has 0 spiro atoms. The van der Waals surface area contributed by atoms with Gasteiger partial charge in [0.05, 0.1) is 0 Å². The van der Waals surface area contributed by atoms with Gasteiger partial charge in [-0.3, -0.25) is 10.1 Å². The Bertz CT molecular complexity index is 641. The average Bonchev–Trinajstić information content (AvgIpc) is 2.55. The molecule has 0 atom stereocenters. The number of benzene rings is 2. The van der Waals surface area contributed by atoms with Gasteiger partial charge in [-0.1, -0.05) is 18.2 Å². The third kappa shape index (κ3) is 5.70.